The fourth-order valence-electron chi connectivity index (χ4n) is 4.63. The van der Waals surface area contributed by atoms with Crippen LogP contribution in [0.5, 0.6) is 0 Å². The molecule has 1 saturated carbocycles. The highest BCUT2D eigenvalue weighted by Gasteiger charge is 2.29. The van der Waals surface area contributed by atoms with Gasteiger partial charge in [0.05, 0.1) is 11.9 Å². The van der Waals surface area contributed by atoms with Gasteiger partial charge in [-0.25, -0.2) is 8.42 Å². The van der Waals surface area contributed by atoms with E-state index in [2.05, 4.69) is 5.32 Å². The van der Waals surface area contributed by atoms with Crippen LogP contribution in [0.15, 0.2) is 42.5 Å². The molecule has 0 bridgehead atoms. The van der Waals surface area contributed by atoms with Crippen molar-refractivity contribution in [1.82, 2.24) is 10.2 Å². The van der Waals surface area contributed by atoms with Crippen molar-refractivity contribution < 1.29 is 18.0 Å². The molecule has 1 aliphatic rings. The van der Waals surface area contributed by atoms with Crippen LogP contribution in [-0.4, -0.2) is 50.0 Å². The van der Waals surface area contributed by atoms with Crippen LogP contribution in [-0.2, 0) is 26.2 Å². The number of anilines is 1. The number of hydrogen-bond acceptors (Lipinski definition) is 4. The summed E-state index contributed by atoms with van der Waals surface area (Å²) in [5.74, 6) is -0.440. The van der Waals surface area contributed by atoms with Crippen LogP contribution in [0.25, 0.3) is 0 Å². The number of halogens is 2. The number of rotatable bonds is 11. The van der Waals surface area contributed by atoms with Gasteiger partial charge >= 0.3 is 0 Å². The maximum Gasteiger partial charge on any atom is 0.242 e. The molecule has 0 saturated heterocycles. The molecule has 0 aromatic heterocycles. The molecule has 1 atom stereocenters. The molecule has 3 rings (SSSR count). The monoisotopic (exact) mass is 567 g/mol. The molecule has 202 valence electrons. The van der Waals surface area contributed by atoms with Crippen molar-refractivity contribution in [2.24, 2.45) is 0 Å². The largest absolute Gasteiger partial charge is 0.352 e. The minimum absolute atomic E-state index is 0.0666. The summed E-state index contributed by atoms with van der Waals surface area (Å²) in [5.41, 5.74) is 1.88. The first-order valence-corrected chi connectivity index (χ1v) is 15.2. The molecule has 2 aromatic carbocycles. The number of sulfonamides is 1. The van der Waals surface area contributed by atoms with Crippen LogP contribution in [0.2, 0.25) is 10.0 Å². The summed E-state index contributed by atoms with van der Waals surface area (Å²) in [4.78, 5) is 28.0. The summed E-state index contributed by atoms with van der Waals surface area (Å²) in [5, 5.41) is 4.06. The molecule has 2 aromatic rings. The number of nitrogens with one attached hydrogen (secondary N) is 1. The topological polar surface area (TPSA) is 86.8 Å². The smallest absolute Gasteiger partial charge is 0.242 e. The highest BCUT2D eigenvalue weighted by Crippen LogP contribution is 2.29. The zero-order valence-corrected chi connectivity index (χ0v) is 23.9. The van der Waals surface area contributed by atoms with Gasteiger partial charge < -0.3 is 10.2 Å². The molecular formula is C27H35Cl2N3O4S. The number of hydrogen-bond donors (Lipinski definition) is 1. The summed E-state index contributed by atoms with van der Waals surface area (Å²) in [7, 11) is -3.60. The van der Waals surface area contributed by atoms with Crippen molar-refractivity contribution in [2.75, 3.05) is 17.1 Å². The molecule has 0 aliphatic heterocycles. The Labute approximate surface area is 230 Å². The highest BCUT2D eigenvalue weighted by atomic mass is 35.5. The summed E-state index contributed by atoms with van der Waals surface area (Å²) in [6, 6.07) is 11.8. The predicted octanol–water partition coefficient (Wildman–Crippen LogP) is 5.32. The zero-order valence-electron chi connectivity index (χ0n) is 21.5. The van der Waals surface area contributed by atoms with E-state index in [0.29, 0.717) is 21.3 Å². The Morgan fingerprint density at radius 1 is 1.05 bits per heavy atom. The molecular weight excluding hydrogens is 533 g/mol. The molecule has 0 radical (unpaired) electrons. The Morgan fingerprint density at radius 3 is 2.35 bits per heavy atom. The van der Waals surface area contributed by atoms with E-state index >= 15 is 0 Å². The molecule has 37 heavy (non-hydrogen) atoms. The second-order valence-electron chi connectivity index (χ2n) is 9.60. The van der Waals surface area contributed by atoms with E-state index < -0.39 is 16.1 Å². The fraction of sp³-hybridized carbons (Fsp3) is 0.481. The van der Waals surface area contributed by atoms with Gasteiger partial charge in [0.2, 0.25) is 21.8 Å². The lowest BCUT2D eigenvalue weighted by Gasteiger charge is -2.30. The molecule has 10 heteroatoms. The van der Waals surface area contributed by atoms with E-state index in [1.54, 1.807) is 38.1 Å². The molecule has 1 aliphatic carbocycles. The molecule has 1 N–H and O–H groups in total. The number of benzene rings is 2. The van der Waals surface area contributed by atoms with Crippen molar-refractivity contribution in [3.8, 4) is 0 Å². The molecule has 1 fully saturated rings. The maximum atomic E-state index is 13.4. The van der Waals surface area contributed by atoms with E-state index in [1.165, 1.54) is 9.21 Å². The van der Waals surface area contributed by atoms with Gasteiger partial charge in [-0.1, -0.05) is 60.3 Å². The lowest BCUT2D eigenvalue weighted by Crippen LogP contribution is -2.49. The second-order valence-corrected chi connectivity index (χ2v) is 12.3. The Bertz CT molecular complexity index is 1220. The standard InChI is InChI=1S/C27H35Cl2N3O4S/c1-19-23(28)14-8-15-25(19)32(37(3,35)36)17-9-16-26(33)31(18-21-10-4-7-13-24(21)29)20(2)27(34)30-22-11-5-6-12-22/h4,7-8,10,13-15,20,22H,5-6,9,11-12,16-18H2,1-3H3,(H,30,34)/t20-/m0/s1. The first kappa shape index (κ1) is 29.3. The van der Waals surface area contributed by atoms with Crippen LogP contribution in [0.3, 0.4) is 0 Å². The van der Waals surface area contributed by atoms with Crippen molar-refractivity contribution in [3.63, 3.8) is 0 Å². The van der Waals surface area contributed by atoms with Crippen molar-refractivity contribution >= 4 is 50.7 Å². The normalized spacial score (nSPS) is 14.8. The third-order valence-electron chi connectivity index (χ3n) is 6.83. The number of carbonyl (C=O) groups is 2. The van der Waals surface area contributed by atoms with Gasteiger partial charge in [0.25, 0.3) is 0 Å². The molecule has 0 heterocycles. The quantitative estimate of drug-likeness (QED) is 0.398. The Hall–Kier alpha value is -2.29. The zero-order chi connectivity index (χ0) is 27.2. The first-order valence-electron chi connectivity index (χ1n) is 12.5. The van der Waals surface area contributed by atoms with Gasteiger partial charge in [-0.3, -0.25) is 13.9 Å². The SMILES string of the molecule is Cc1c(Cl)cccc1N(CCCC(=O)N(Cc1ccccc1Cl)[C@@H](C)C(=O)NC1CCCC1)S(C)(=O)=O. The van der Waals surface area contributed by atoms with E-state index in [0.717, 1.165) is 37.5 Å². The van der Waals surface area contributed by atoms with E-state index in [4.69, 9.17) is 23.2 Å². The van der Waals surface area contributed by atoms with E-state index in [9.17, 15) is 18.0 Å². The maximum absolute atomic E-state index is 13.4. The van der Waals surface area contributed by atoms with Crippen molar-refractivity contribution in [3.05, 3.63) is 63.6 Å². The first-order chi connectivity index (χ1) is 17.5. The van der Waals surface area contributed by atoms with Crippen LogP contribution < -0.4 is 9.62 Å². The lowest BCUT2D eigenvalue weighted by atomic mass is 10.1. The number of nitrogens with zero attached hydrogens (tertiary/aromatic N) is 2. The van der Waals surface area contributed by atoms with E-state index in [-0.39, 0.29) is 43.8 Å². The third-order valence-corrected chi connectivity index (χ3v) is 8.79. The van der Waals surface area contributed by atoms with Gasteiger partial charge in [-0.05, 0) is 62.4 Å². The van der Waals surface area contributed by atoms with Crippen LogP contribution in [0, 0.1) is 6.92 Å². The Kier molecular flexibility index (Phi) is 10.3. The highest BCUT2D eigenvalue weighted by molar-refractivity contribution is 7.92. The average Bonchev–Trinajstić information content (AvgIpc) is 3.35. The number of amides is 2. The molecule has 0 unspecified atom stereocenters. The van der Waals surface area contributed by atoms with Crippen LogP contribution >= 0.6 is 23.2 Å². The fourth-order valence-corrected chi connectivity index (χ4v) is 6.01. The summed E-state index contributed by atoms with van der Waals surface area (Å²) >= 11 is 12.6. The third kappa shape index (κ3) is 7.85. The summed E-state index contributed by atoms with van der Waals surface area (Å²) in [6.45, 7) is 3.77. The van der Waals surface area contributed by atoms with Gasteiger partial charge in [0, 0.05) is 35.6 Å². The van der Waals surface area contributed by atoms with Gasteiger partial charge in [0.1, 0.15) is 6.04 Å². The van der Waals surface area contributed by atoms with E-state index in [1.807, 2.05) is 18.2 Å². The van der Waals surface area contributed by atoms with Crippen molar-refractivity contribution in [2.45, 2.75) is 71.0 Å². The molecule has 7 nitrogen and oxygen atoms in total. The summed E-state index contributed by atoms with van der Waals surface area (Å²) in [6.07, 6.45) is 5.54. The Morgan fingerprint density at radius 2 is 1.70 bits per heavy atom. The van der Waals surface area contributed by atoms with Gasteiger partial charge in [-0.15, -0.1) is 0 Å². The average molecular weight is 569 g/mol. The van der Waals surface area contributed by atoms with Crippen LogP contribution in [0.1, 0.15) is 56.6 Å². The lowest BCUT2D eigenvalue weighted by molar-refractivity contribution is -0.140. The number of carbonyl (C=O) groups excluding carboxylic acids is 2. The minimum Gasteiger partial charge on any atom is -0.352 e. The second kappa shape index (κ2) is 13.0. The van der Waals surface area contributed by atoms with Crippen LogP contribution in [0.4, 0.5) is 5.69 Å². The molecule has 2 amide bonds. The van der Waals surface area contributed by atoms with Gasteiger partial charge in [0.15, 0.2) is 0 Å². The minimum atomic E-state index is -3.60. The van der Waals surface area contributed by atoms with Gasteiger partial charge in [-0.2, -0.15) is 0 Å². The Balaban J connectivity index is 1.75. The summed E-state index contributed by atoms with van der Waals surface area (Å²) < 4.78 is 26.4. The van der Waals surface area contributed by atoms with Crippen molar-refractivity contribution in [1.29, 1.82) is 0 Å². The molecule has 0 spiro atoms. The predicted molar refractivity (Wildman–Crippen MR) is 149 cm³/mol.